The highest BCUT2D eigenvalue weighted by atomic mass is 32.2. The Morgan fingerprint density at radius 2 is 1.79 bits per heavy atom. The fraction of sp³-hybridized carbons (Fsp3) is 0.174. The number of para-hydroxylation sites is 1. The van der Waals surface area contributed by atoms with E-state index in [4.69, 9.17) is 4.74 Å². The van der Waals surface area contributed by atoms with Gasteiger partial charge in [-0.15, -0.1) is 10.2 Å². The second kappa shape index (κ2) is 7.72. The highest BCUT2D eigenvalue weighted by molar-refractivity contribution is 7.99. The zero-order valence-electron chi connectivity index (χ0n) is 16.0. The first-order valence-corrected chi connectivity index (χ1v) is 10.7. The summed E-state index contributed by atoms with van der Waals surface area (Å²) < 4.78 is 6.36. The third-order valence-corrected chi connectivity index (χ3v) is 5.89. The van der Waals surface area contributed by atoms with Crippen molar-refractivity contribution in [2.24, 2.45) is 0 Å². The molecule has 4 aromatic rings. The molecule has 1 aromatic heterocycles. The molecule has 0 unspecified atom stereocenters. The monoisotopic (exact) mass is 400 g/mol. The summed E-state index contributed by atoms with van der Waals surface area (Å²) in [4.78, 5) is 4.67. The summed E-state index contributed by atoms with van der Waals surface area (Å²) in [6.07, 6.45) is 0.679. The summed E-state index contributed by atoms with van der Waals surface area (Å²) in [5, 5.41) is 15.3. The third-order valence-electron chi connectivity index (χ3n) is 4.85. The number of hydrogen-bond donors (Lipinski definition) is 1. The Kier molecular flexibility index (Phi) is 4.77. The van der Waals surface area contributed by atoms with E-state index >= 15 is 0 Å². The molecule has 6 heteroatoms. The molecule has 0 radical (unpaired) electrons. The summed E-state index contributed by atoms with van der Waals surface area (Å²) in [6.45, 7) is 2.14. The van der Waals surface area contributed by atoms with Crippen LogP contribution in [-0.2, 0) is 0 Å². The van der Waals surface area contributed by atoms with Crippen molar-refractivity contribution in [2.75, 3.05) is 11.1 Å². The Morgan fingerprint density at radius 1 is 0.966 bits per heavy atom. The summed E-state index contributed by atoms with van der Waals surface area (Å²) in [7, 11) is 0. The van der Waals surface area contributed by atoms with Crippen LogP contribution in [0.5, 0.6) is 5.88 Å². The second-order valence-corrected chi connectivity index (χ2v) is 7.95. The van der Waals surface area contributed by atoms with E-state index in [9.17, 15) is 0 Å². The van der Waals surface area contributed by atoms with Crippen molar-refractivity contribution in [1.29, 1.82) is 0 Å². The molecule has 1 aliphatic heterocycles. The van der Waals surface area contributed by atoms with Crippen LogP contribution in [-0.4, -0.2) is 20.9 Å². The zero-order chi connectivity index (χ0) is 19.6. The van der Waals surface area contributed by atoms with Crippen molar-refractivity contribution in [2.45, 2.75) is 24.7 Å². The highest BCUT2D eigenvalue weighted by Crippen LogP contribution is 2.39. The zero-order valence-corrected chi connectivity index (χ0v) is 16.8. The van der Waals surface area contributed by atoms with Crippen molar-refractivity contribution in [3.63, 3.8) is 0 Å². The number of rotatable bonds is 4. The predicted octanol–water partition coefficient (Wildman–Crippen LogP) is 5.70. The lowest BCUT2D eigenvalue weighted by molar-refractivity contribution is 0.225. The maximum Gasteiger partial charge on any atom is 0.247 e. The molecule has 2 heterocycles. The van der Waals surface area contributed by atoms with Gasteiger partial charge in [0.1, 0.15) is 0 Å². The van der Waals surface area contributed by atoms with Crippen LogP contribution in [0, 0.1) is 0 Å². The van der Waals surface area contributed by atoms with Crippen LogP contribution in [0.4, 0.5) is 5.69 Å². The van der Waals surface area contributed by atoms with Crippen molar-refractivity contribution < 1.29 is 4.74 Å². The van der Waals surface area contributed by atoms with Gasteiger partial charge in [-0.3, -0.25) is 0 Å². The molecule has 1 aliphatic rings. The molecule has 3 aromatic carbocycles. The van der Waals surface area contributed by atoms with Gasteiger partial charge in [0.15, 0.2) is 11.9 Å². The smallest absolute Gasteiger partial charge is 0.247 e. The molecule has 0 saturated heterocycles. The molecule has 5 rings (SSSR count). The second-order valence-electron chi connectivity index (χ2n) is 6.89. The van der Waals surface area contributed by atoms with Gasteiger partial charge in [0.05, 0.1) is 0 Å². The largest absolute Gasteiger partial charge is 0.448 e. The number of hydrogen-bond acceptors (Lipinski definition) is 6. The minimum atomic E-state index is -0.372. The van der Waals surface area contributed by atoms with Gasteiger partial charge in [0.25, 0.3) is 0 Å². The standard InChI is InChI=1S/C23H20N4OS/c1-2-13-29-23-25-22-20(26-27-23)18-9-5-6-10-19(18)24-21(28-22)17-12-11-15-7-3-4-8-16(15)14-17/h3-12,14,21,24H,2,13H2,1H3/t21-/m1/s1. The Morgan fingerprint density at radius 3 is 2.69 bits per heavy atom. The molecule has 5 nitrogen and oxygen atoms in total. The van der Waals surface area contributed by atoms with E-state index in [1.807, 2.05) is 36.4 Å². The number of anilines is 1. The van der Waals surface area contributed by atoms with Gasteiger partial charge in [0.2, 0.25) is 11.0 Å². The first-order chi connectivity index (χ1) is 14.3. The molecule has 0 bridgehead atoms. The van der Waals surface area contributed by atoms with Gasteiger partial charge in [-0.25, -0.2) is 0 Å². The highest BCUT2D eigenvalue weighted by Gasteiger charge is 2.26. The summed E-state index contributed by atoms with van der Waals surface area (Å²) in [5.74, 6) is 1.46. The van der Waals surface area contributed by atoms with E-state index < -0.39 is 0 Å². The third kappa shape index (κ3) is 3.51. The quantitative estimate of drug-likeness (QED) is 0.444. The fourth-order valence-corrected chi connectivity index (χ4v) is 4.06. The van der Waals surface area contributed by atoms with Gasteiger partial charge in [-0.05, 0) is 29.3 Å². The van der Waals surface area contributed by atoms with Crippen LogP contribution < -0.4 is 10.1 Å². The van der Waals surface area contributed by atoms with E-state index in [1.54, 1.807) is 11.8 Å². The molecule has 0 spiro atoms. The van der Waals surface area contributed by atoms with Crippen LogP contribution in [0.15, 0.2) is 71.9 Å². The number of ether oxygens (including phenoxy) is 1. The van der Waals surface area contributed by atoms with Crippen molar-refractivity contribution >= 4 is 28.2 Å². The molecule has 0 amide bonds. The summed E-state index contributed by atoms with van der Waals surface area (Å²) in [5.41, 5.74) is 3.59. The van der Waals surface area contributed by atoms with E-state index in [1.165, 1.54) is 10.8 Å². The molecule has 1 N–H and O–H groups in total. The first-order valence-electron chi connectivity index (χ1n) is 9.70. The van der Waals surface area contributed by atoms with E-state index in [0.717, 1.165) is 29.0 Å². The number of nitrogens with one attached hydrogen (secondary N) is 1. The van der Waals surface area contributed by atoms with E-state index in [2.05, 4.69) is 57.8 Å². The lowest BCUT2D eigenvalue weighted by atomic mass is 10.1. The predicted molar refractivity (Wildman–Crippen MR) is 117 cm³/mol. The fourth-order valence-electron chi connectivity index (χ4n) is 3.42. The maximum absolute atomic E-state index is 6.36. The van der Waals surface area contributed by atoms with Gasteiger partial charge < -0.3 is 10.1 Å². The molecule has 144 valence electrons. The molecular formula is C23H20N4OS. The number of thioether (sulfide) groups is 1. The average Bonchev–Trinajstić information content (AvgIpc) is 2.94. The first kappa shape index (κ1) is 17.9. The van der Waals surface area contributed by atoms with Gasteiger partial charge >= 0.3 is 0 Å². The number of benzene rings is 3. The molecule has 0 fully saturated rings. The van der Waals surface area contributed by atoms with Crippen LogP contribution in [0.25, 0.3) is 22.0 Å². The summed E-state index contributed by atoms with van der Waals surface area (Å²) >= 11 is 1.60. The van der Waals surface area contributed by atoms with Gasteiger partial charge in [-0.2, -0.15) is 4.98 Å². The van der Waals surface area contributed by atoms with Crippen LogP contribution in [0.3, 0.4) is 0 Å². The Balaban J connectivity index is 1.60. The SMILES string of the molecule is CCCSc1nnc2c(n1)O[C@H](c1ccc3ccccc3c1)Nc1ccccc1-2. The lowest BCUT2D eigenvalue weighted by Crippen LogP contribution is -2.17. The van der Waals surface area contributed by atoms with Crippen molar-refractivity contribution in [1.82, 2.24) is 15.2 Å². The molecule has 0 aliphatic carbocycles. The topological polar surface area (TPSA) is 59.9 Å². The van der Waals surface area contributed by atoms with Crippen LogP contribution >= 0.6 is 11.8 Å². The van der Waals surface area contributed by atoms with E-state index in [-0.39, 0.29) is 6.23 Å². The number of aromatic nitrogens is 3. The normalized spacial score (nSPS) is 15.0. The Bertz CT molecular complexity index is 1180. The molecule has 29 heavy (non-hydrogen) atoms. The minimum Gasteiger partial charge on any atom is -0.448 e. The minimum absolute atomic E-state index is 0.372. The maximum atomic E-state index is 6.36. The van der Waals surface area contributed by atoms with E-state index in [0.29, 0.717) is 16.7 Å². The van der Waals surface area contributed by atoms with Crippen molar-refractivity contribution in [3.05, 3.63) is 72.3 Å². The van der Waals surface area contributed by atoms with Gasteiger partial charge in [-0.1, -0.05) is 73.3 Å². The molecule has 1 atom stereocenters. The molecule has 0 saturated carbocycles. The summed E-state index contributed by atoms with van der Waals surface area (Å²) in [6, 6.07) is 22.7. The van der Waals surface area contributed by atoms with Crippen LogP contribution in [0.2, 0.25) is 0 Å². The number of nitrogens with zero attached hydrogens (tertiary/aromatic N) is 3. The Hall–Kier alpha value is -3.12. The average molecular weight is 401 g/mol. The molecular weight excluding hydrogens is 380 g/mol. The number of fused-ring (bicyclic) bond motifs is 4. The van der Waals surface area contributed by atoms with Crippen LogP contribution in [0.1, 0.15) is 25.1 Å². The Labute approximate surface area is 173 Å². The van der Waals surface area contributed by atoms with Crippen molar-refractivity contribution in [3.8, 4) is 17.1 Å². The lowest BCUT2D eigenvalue weighted by Gasteiger charge is -2.19. The van der Waals surface area contributed by atoms with Gasteiger partial charge in [0, 0.05) is 22.6 Å².